The molecule has 0 aromatic heterocycles. The molecule has 1 aliphatic heterocycles. The first kappa shape index (κ1) is 25.1. The van der Waals surface area contributed by atoms with Gasteiger partial charge in [0.15, 0.2) is 0 Å². The first-order chi connectivity index (χ1) is 18.5. The van der Waals surface area contributed by atoms with Crippen molar-refractivity contribution in [2.24, 2.45) is 0 Å². The van der Waals surface area contributed by atoms with Crippen molar-refractivity contribution in [3.05, 3.63) is 125 Å². The molecule has 3 amide bonds. The number of aryl methyl sites for hydroxylation is 1. The summed E-state index contributed by atoms with van der Waals surface area (Å²) in [5.41, 5.74) is 7.54. The first-order valence-electron chi connectivity index (χ1n) is 13.0. The second-order valence-corrected chi connectivity index (χ2v) is 9.61. The number of anilines is 3. The van der Waals surface area contributed by atoms with Gasteiger partial charge in [-0.2, -0.15) is 0 Å². The molecule has 6 heteroatoms. The van der Waals surface area contributed by atoms with Gasteiger partial charge in [-0.1, -0.05) is 66.7 Å². The summed E-state index contributed by atoms with van der Waals surface area (Å²) >= 11 is 0. The van der Waals surface area contributed by atoms with Gasteiger partial charge < -0.3 is 20.9 Å². The lowest BCUT2D eigenvalue weighted by Crippen LogP contribution is -2.33. The van der Waals surface area contributed by atoms with Crippen molar-refractivity contribution in [2.75, 3.05) is 28.6 Å². The summed E-state index contributed by atoms with van der Waals surface area (Å²) < 4.78 is 0. The quantitative estimate of drug-likeness (QED) is 0.282. The van der Waals surface area contributed by atoms with E-state index in [-0.39, 0.29) is 11.9 Å². The molecule has 1 heterocycles. The van der Waals surface area contributed by atoms with Crippen LogP contribution in [0.3, 0.4) is 0 Å². The summed E-state index contributed by atoms with van der Waals surface area (Å²) in [7, 11) is 0. The third-order valence-corrected chi connectivity index (χ3v) is 6.79. The molecule has 0 saturated heterocycles. The fourth-order valence-electron chi connectivity index (χ4n) is 4.85. The van der Waals surface area contributed by atoms with E-state index in [1.165, 1.54) is 16.7 Å². The van der Waals surface area contributed by atoms with Crippen molar-refractivity contribution < 1.29 is 9.59 Å². The fourth-order valence-corrected chi connectivity index (χ4v) is 4.85. The Bertz CT molecular complexity index is 1430. The summed E-state index contributed by atoms with van der Waals surface area (Å²) in [5, 5.41) is 8.82. The van der Waals surface area contributed by atoms with Crippen molar-refractivity contribution in [1.29, 1.82) is 0 Å². The number of benzene rings is 4. The van der Waals surface area contributed by atoms with Gasteiger partial charge in [-0.3, -0.25) is 4.79 Å². The molecule has 0 radical (unpaired) electrons. The van der Waals surface area contributed by atoms with Crippen LogP contribution < -0.4 is 20.9 Å². The van der Waals surface area contributed by atoms with E-state index in [1.54, 1.807) is 6.07 Å². The molecule has 192 valence electrons. The zero-order chi connectivity index (χ0) is 26.3. The van der Waals surface area contributed by atoms with Crippen LogP contribution in [0.25, 0.3) is 0 Å². The van der Waals surface area contributed by atoms with Crippen molar-refractivity contribution >= 4 is 29.0 Å². The number of nitrogens with zero attached hydrogens (tertiary/aromatic N) is 1. The molecule has 4 aromatic carbocycles. The van der Waals surface area contributed by atoms with Gasteiger partial charge in [-0.15, -0.1) is 0 Å². The van der Waals surface area contributed by atoms with Crippen LogP contribution in [-0.4, -0.2) is 25.0 Å². The van der Waals surface area contributed by atoms with E-state index in [0.717, 1.165) is 37.2 Å². The molecule has 6 nitrogen and oxygen atoms in total. The summed E-state index contributed by atoms with van der Waals surface area (Å²) in [6, 6.07) is 31.4. The highest BCUT2D eigenvalue weighted by Crippen LogP contribution is 2.30. The number of amides is 3. The van der Waals surface area contributed by atoms with Crippen LogP contribution in [0, 0.1) is 6.92 Å². The maximum Gasteiger partial charge on any atom is 0.323 e. The van der Waals surface area contributed by atoms with Crippen LogP contribution in [0.1, 0.15) is 32.6 Å². The van der Waals surface area contributed by atoms with Gasteiger partial charge in [0.05, 0.1) is 5.56 Å². The van der Waals surface area contributed by atoms with Crippen LogP contribution in [-0.2, 0) is 19.4 Å². The predicted molar refractivity (Wildman–Crippen MR) is 154 cm³/mol. The third-order valence-electron chi connectivity index (χ3n) is 6.79. The molecule has 0 fully saturated rings. The normalized spacial score (nSPS) is 12.4. The molecule has 5 rings (SSSR count). The zero-order valence-corrected chi connectivity index (χ0v) is 21.5. The van der Waals surface area contributed by atoms with Crippen molar-refractivity contribution in [3.63, 3.8) is 0 Å². The fraction of sp³-hybridized carbons (Fsp3) is 0.188. The second kappa shape index (κ2) is 11.6. The van der Waals surface area contributed by atoms with E-state index in [0.29, 0.717) is 23.5 Å². The zero-order valence-electron chi connectivity index (χ0n) is 21.5. The Kier molecular flexibility index (Phi) is 7.69. The SMILES string of the molecule is Cc1cccc(NC(=O)Nc2ccc(N3CCc4ccccc4C3)c(C(=O)NCCc3ccccc3)c2)c1. The summed E-state index contributed by atoms with van der Waals surface area (Å²) in [6.07, 6.45) is 1.67. The van der Waals surface area contributed by atoms with E-state index < -0.39 is 0 Å². The number of fused-ring (bicyclic) bond motifs is 1. The predicted octanol–water partition coefficient (Wildman–Crippen LogP) is 6.17. The Hall–Kier alpha value is -4.58. The highest BCUT2D eigenvalue weighted by Gasteiger charge is 2.22. The average molecular weight is 505 g/mol. The minimum Gasteiger partial charge on any atom is -0.366 e. The molecular formula is C32H32N4O2. The summed E-state index contributed by atoms with van der Waals surface area (Å²) in [6.45, 7) is 4.06. The van der Waals surface area contributed by atoms with E-state index in [9.17, 15) is 9.59 Å². The van der Waals surface area contributed by atoms with E-state index in [2.05, 4.69) is 57.2 Å². The largest absolute Gasteiger partial charge is 0.366 e. The van der Waals surface area contributed by atoms with E-state index in [1.807, 2.05) is 61.5 Å². The first-order valence-corrected chi connectivity index (χ1v) is 13.0. The third kappa shape index (κ3) is 6.21. The van der Waals surface area contributed by atoms with Gasteiger partial charge in [0.1, 0.15) is 0 Å². The molecule has 0 aliphatic carbocycles. The molecule has 0 unspecified atom stereocenters. The lowest BCUT2D eigenvalue weighted by Gasteiger charge is -2.32. The number of carbonyl (C=O) groups is 2. The maximum absolute atomic E-state index is 13.4. The number of urea groups is 1. The Balaban J connectivity index is 1.35. The molecular weight excluding hydrogens is 472 g/mol. The van der Waals surface area contributed by atoms with Gasteiger partial charge in [0, 0.05) is 36.7 Å². The Labute approximate surface area is 223 Å². The molecule has 4 aromatic rings. The lowest BCUT2D eigenvalue weighted by molar-refractivity contribution is 0.0954. The van der Waals surface area contributed by atoms with E-state index in [4.69, 9.17) is 0 Å². The Morgan fingerprint density at radius 2 is 1.53 bits per heavy atom. The highest BCUT2D eigenvalue weighted by molar-refractivity contribution is 6.04. The number of nitrogens with one attached hydrogen (secondary N) is 3. The maximum atomic E-state index is 13.4. The molecule has 0 bridgehead atoms. The van der Waals surface area contributed by atoms with Crippen LogP contribution in [0.5, 0.6) is 0 Å². The van der Waals surface area contributed by atoms with Gasteiger partial charge in [-0.25, -0.2) is 4.79 Å². The molecule has 1 aliphatic rings. The highest BCUT2D eigenvalue weighted by atomic mass is 16.2. The number of carbonyl (C=O) groups excluding carboxylic acids is 2. The van der Waals surface area contributed by atoms with Gasteiger partial charge in [0.2, 0.25) is 0 Å². The minimum absolute atomic E-state index is 0.155. The van der Waals surface area contributed by atoms with Crippen molar-refractivity contribution in [2.45, 2.75) is 26.3 Å². The van der Waals surface area contributed by atoms with Crippen molar-refractivity contribution in [1.82, 2.24) is 5.32 Å². The standard InChI is InChI=1S/C32H32N4O2/c1-23-8-7-13-27(20-23)34-32(38)35-28-14-15-30(36-19-17-25-11-5-6-12-26(25)22-36)29(21-28)31(37)33-18-16-24-9-3-2-4-10-24/h2-15,20-21H,16-19,22H2,1H3,(H,33,37)(H2,34,35,38). The molecule has 38 heavy (non-hydrogen) atoms. The Morgan fingerprint density at radius 3 is 2.32 bits per heavy atom. The second-order valence-electron chi connectivity index (χ2n) is 9.61. The van der Waals surface area contributed by atoms with E-state index >= 15 is 0 Å². The lowest BCUT2D eigenvalue weighted by atomic mass is 9.98. The number of hydrogen-bond acceptors (Lipinski definition) is 3. The molecule has 3 N–H and O–H groups in total. The van der Waals surface area contributed by atoms with Gasteiger partial charge in [0.25, 0.3) is 5.91 Å². The molecule has 0 spiro atoms. The smallest absolute Gasteiger partial charge is 0.323 e. The van der Waals surface area contributed by atoms with Crippen LogP contribution >= 0.6 is 0 Å². The van der Waals surface area contributed by atoms with Crippen molar-refractivity contribution in [3.8, 4) is 0 Å². The minimum atomic E-state index is -0.356. The van der Waals surface area contributed by atoms with Gasteiger partial charge >= 0.3 is 6.03 Å². The van der Waals surface area contributed by atoms with Crippen LogP contribution in [0.4, 0.5) is 21.9 Å². The van der Waals surface area contributed by atoms with Gasteiger partial charge in [-0.05, 0) is 72.4 Å². The van der Waals surface area contributed by atoms with Crippen LogP contribution in [0.15, 0.2) is 97.1 Å². The molecule has 0 atom stereocenters. The Morgan fingerprint density at radius 1 is 0.789 bits per heavy atom. The number of rotatable bonds is 7. The number of hydrogen-bond donors (Lipinski definition) is 3. The summed E-state index contributed by atoms with van der Waals surface area (Å²) in [4.78, 5) is 28.4. The average Bonchev–Trinajstić information content (AvgIpc) is 2.93. The summed E-state index contributed by atoms with van der Waals surface area (Å²) in [5.74, 6) is -0.155. The topological polar surface area (TPSA) is 73.5 Å². The molecule has 0 saturated carbocycles. The monoisotopic (exact) mass is 504 g/mol. The van der Waals surface area contributed by atoms with Crippen LogP contribution in [0.2, 0.25) is 0 Å².